The van der Waals surface area contributed by atoms with Crippen LogP contribution in [0.3, 0.4) is 0 Å². The molecule has 2 saturated heterocycles. The van der Waals surface area contributed by atoms with Crippen LogP contribution in [0.25, 0.3) is 0 Å². The van der Waals surface area contributed by atoms with Gasteiger partial charge in [0, 0.05) is 5.54 Å². The summed E-state index contributed by atoms with van der Waals surface area (Å²) in [4.78, 5) is 2.73. The first-order chi connectivity index (χ1) is 5.26. The third-order valence-electron chi connectivity index (χ3n) is 3.78. The molecule has 1 heteroatoms. The molecule has 2 fully saturated rings. The standard InChI is InChI=1S/C10H19N/c1-9(2)10-5-3-7-11(10)8-4-6-10/h9H,3-8H2,1-2H3. The number of nitrogens with zero attached hydrogens (tertiary/aromatic N) is 1. The first-order valence-electron chi connectivity index (χ1n) is 5.01. The minimum Gasteiger partial charge on any atom is -0.297 e. The molecule has 0 aromatic rings. The summed E-state index contributed by atoms with van der Waals surface area (Å²) in [5, 5.41) is 0. The molecular weight excluding hydrogens is 134 g/mol. The molecular formula is C10H19N. The highest BCUT2D eigenvalue weighted by molar-refractivity contribution is 5.01. The minimum atomic E-state index is 0.639. The van der Waals surface area contributed by atoms with Gasteiger partial charge < -0.3 is 0 Å². The van der Waals surface area contributed by atoms with E-state index in [1.165, 1.54) is 38.8 Å². The van der Waals surface area contributed by atoms with Crippen LogP contribution in [0.4, 0.5) is 0 Å². The molecule has 64 valence electrons. The Balaban J connectivity index is 2.20. The third kappa shape index (κ3) is 0.936. The molecule has 2 rings (SSSR count). The Morgan fingerprint density at radius 1 is 1.09 bits per heavy atom. The van der Waals surface area contributed by atoms with Gasteiger partial charge in [-0.05, 0) is 44.7 Å². The van der Waals surface area contributed by atoms with Gasteiger partial charge >= 0.3 is 0 Å². The summed E-state index contributed by atoms with van der Waals surface area (Å²) < 4.78 is 0. The first kappa shape index (κ1) is 7.60. The summed E-state index contributed by atoms with van der Waals surface area (Å²) >= 11 is 0. The molecule has 0 aromatic heterocycles. The molecule has 0 aromatic carbocycles. The maximum atomic E-state index is 2.73. The van der Waals surface area contributed by atoms with Gasteiger partial charge in [-0.25, -0.2) is 0 Å². The number of fused-ring (bicyclic) bond motifs is 1. The largest absolute Gasteiger partial charge is 0.297 e. The summed E-state index contributed by atoms with van der Waals surface area (Å²) in [5.74, 6) is 0.868. The van der Waals surface area contributed by atoms with Gasteiger partial charge in [-0.1, -0.05) is 13.8 Å². The molecule has 0 radical (unpaired) electrons. The van der Waals surface area contributed by atoms with Crippen molar-refractivity contribution in [2.75, 3.05) is 13.1 Å². The molecule has 0 unspecified atom stereocenters. The second-order valence-electron chi connectivity index (χ2n) is 4.45. The Morgan fingerprint density at radius 3 is 2.00 bits per heavy atom. The van der Waals surface area contributed by atoms with Crippen LogP contribution in [0.5, 0.6) is 0 Å². The van der Waals surface area contributed by atoms with Crippen LogP contribution < -0.4 is 0 Å². The van der Waals surface area contributed by atoms with Crippen LogP contribution in [0.1, 0.15) is 39.5 Å². The maximum absolute atomic E-state index is 2.73. The van der Waals surface area contributed by atoms with Crippen LogP contribution in [0.15, 0.2) is 0 Å². The van der Waals surface area contributed by atoms with Crippen LogP contribution in [0, 0.1) is 5.92 Å². The molecule has 2 aliphatic heterocycles. The number of hydrogen-bond acceptors (Lipinski definition) is 1. The van der Waals surface area contributed by atoms with Crippen molar-refractivity contribution in [3.05, 3.63) is 0 Å². The van der Waals surface area contributed by atoms with E-state index in [2.05, 4.69) is 18.7 Å². The van der Waals surface area contributed by atoms with Crippen LogP contribution in [-0.2, 0) is 0 Å². The molecule has 0 N–H and O–H groups in total. The maximum Gasteiger partial charge on any atom is 0.0233 e. The quantitative estimate of drug-likeness (QED) is 0.558. The zero-order valence-corrected chi connectivity index (χ0v) is 7.77. The smallest absolute Gasteiger partial charge is 0.0233 e. The van der Waals surface area contributed by atoms with Gasteiger partial charge in [-0.3, -0.25) is 4.90 Å². The molecule has 0 saturated carbocycles. The fraction of sp³-hybridized carbons (Fsp3) is 1.00. The Kier molecular flexibility index (Phi) is 1.71. The summed E-state index contributed by atoms with van der Waals surface area (Å²) in [6.45, 7) is 7.53. The summed E-state index contributed by atoms with van der Waals surface area (Å²) in [6, 6.07) is 0. The monoisotopic (exact) mass is 153 g/mol. The van der Waals surface area contributed by atoms with Crippen molar-refractivity contribution in [1.82, 2.24) is 4.90 Å². The lowest BCUT2D eigenvalue weighted by Crippen LogP contribution is -2.42. The van der Waals surface area contributed by atoms with Gasteiger partial charge in [0.15, 0.2) is 0 Å². The lowest BCUT2D eigenvalue weighted by molar-refractivity contribution is 0.136. The van der Waals surface area contributed by atoms with E-state index >= 15 is 0 Å². The SMILES string of the molecule is CC(C)C12CCCN1CCC2. The Labute approximate surface area is 69.8 Å². The predicted molar refractivity (Wildman–Crippen MR) is 47.6 cm³/mol. The molecule has 0 spiro atoms. The molecule has 2 heterocycles. The molecule has 0 bridgehead atoms. The lowest BCUT2D eigenvalue weighted by Gasteiger charge is -2.36. The minimum absolute atomic E-state index is 0.639. The van der Waals surface area contributed by atoms with Gasteiger partial charge in [-0.15, -0.1) is 0 Å². The molecule has 11 heavy (non-hydrogen) atoms. The van der Waals surface area contributed by atoms with E-state index in [0.717, 1.165) is 5.92 Å². The Hall–Kier alpha value is -0.0400. The zero-order chi connectivity index (χ0) is 7.90. The Morgan fingerprint density at radius 2 is 1.64 bits per heavy atom. The Bertz CT molecular complexity index is 141. The summed E-state index contributed by atoms with van der Waals surface area (Å²) in [6.07, 6.45) is 5.81. The highest BCUT2D eigenvalue weighted by Crippen LogP contribution is 2.43. The van der Waals surface area contributed by atoms with E-state index in [4.69, 9.17) is 0 Å². The molecule has 1 nitrogen and oxygen atoms in total. The first-order valence-corrected chi connectivity index (χ1v) is 5.01. The van der Waals surface area contributed by atoms with E-state index in [1.807, 2.05) is 0 Å². The molecule has 2 aliphatic rings. The second-order valence-corrected chi connectivity index (χ2v) is 4.45. The van der Waals surface area contributed by atoms with Crippen molar-refractivity contribution in [2.45, 2.75) is 45.1 Å². The molecule has 0 aliphatic carbocycles. The molecule has 0 atom stereocenters. The average molecular weight is 153 g/mol. The lowest BCUT2D eigenvalue weighted by atomic mass is 9.83. The van der Waals surface area contributed by atoms with Crippen LogP contribution >= 0.6 is 0 Å². The average Bonchev–Trinajstić information content (AvgIpc) is 2.40. The van der Waals surface area contributed by atoms with Crippen molar-refractivity contribution >= 4 is 0 Å². The van der Waals surface area contributed by atoms with Gasteiger partial charge in [0.1, 0.15) is 0 Å². The van der Waals surface area contributed by atoms with E-state index in [9.17, 15) is 0 Å². The van der Waals surface area contributed by atoms with Crippen molar-refractivity contribution in [3.63, 3.8) is 0 Å². The number of hydrogen-bond donors (Lipinski definition) is 0. The predicted octanol–water partition coefficient (Wildman–Crippen LogP) is 2.27. The third-order valence-corrected chi connectivity index (χ3v) is 3.78. The normalized spacial score (nSPS) is 29.7. The van der Waals surface area contributed by atoms with E-state index < -0.39 is 0 Å². The summed E-state index contributed by atoms with van der Waals surface area (Å²) in [5.41, 5.74) is 0.639. The van der Waals surface area contributed by atoms with Crippen LogP contribution in [0.2, 0.25) is 0 Å². The van der Waals surface area contributed by atoms with Crippen molar-refractivity contribution < 1.29 is 0 Å². The number of rotatable bonds is 1. The van der Waals surface area contributed by atoms with Gasteiger partial charge in [0.05, 0.1) is 0 Å². The second kappa shape index (κ2) is 2.48. The van der Waals surface area contributed by atoms with Crippen molar-refractivity contribution in [3.8, 4) is 0 Å². The van der Waals surface area contributed by atoms with Gasteiger partial charge in [0.2, 0.25) is 0 Å². The van der Waals surface area contributed by atoms with Crippen LogP contribution in [-0.4, -0.2) is 23.5 Å². The van der Waals surface area contributed by atoms with E-state index in [1.54, 1.807) is 0 Å². The molecule has 0 amide bonds. The summed E-state index contributed by atoms with van der Waals surface area (Å²) in [7, 11) is 0. The fourth-order valence-electron chi connectivity index (χ4n) is 3.09. The van der Waals surface area contributed by atoms with Gasteiger partial charge in [0.25, 0.3) is 0 Å². The van der Waals surface area contributed by atoms with Gasteiger partial charge in [-0.2, -0.15) is 0 Å². The fourth-order valence-corrected chi connectivity index (χ4v) is 3.09. The zero-order valence-electron chi connectivity index (χ0n) is 7.77. The van der Waals surface area contributed by atoms with E-state index in [-0.39, 0.29) is 0 Å². The topological polar surface area (TPSA) is 3.24 Å². The van der Waals surface area contributed by atoms with E-state index in [0.29, 0.717) is 5.54 Å². The van der Waals surface area contributed by atoms with Crippen molar-refractivity contribution in [1.29, 1.82) is 0 Å². The highest BCUT2D eigenvalue weighted by Gasteiger charge is 2.45. The highest BCUT2D eigenvalue weighted by atomic mass is 15.2. The van der Waals surface area contributed by atoms with Crippen molar-refractivity contribution in [2.24, 2.45) is 5.92 Å².